The zero-order valence-corrected chi connectivity index (χ0v) is 19.3. The number of halogens is 3. The van der Waals surface area contributed by atoms with E-state index in [1.165, 1.54) is 12.1 Å². The maximum absolute atomic E-state index is 13.2. The highest BCUT2D eigenvalue weighted by molar-refractivity contribution is 6.31. The first-order valence-electron chi connectivity index (χ1n) is 10.3. The lowest BCUT2D eigenvalue weighted by atomic mass is 10.2. The number of nitrogens with one attached hydrogen (secondary N) is 1. The zero-order valence-electron chi connectivity index (χ0n) is 17.7. The van der Waals surface area contributed by atoms with E-state index < -0.39 is 5.82 Å². The highest BCUT2D eigenvalue weighted by atomic mass is 35.5. The third-order valence-corrected chi connectivity index (χ3v) is 5.22. The standard InChI is InChI=1S/C24H25Cl2FN2O3/c1-2-30-22-12-18(15-28-9-5-11-31-24-6-3-4-10-29-24)21(26)14-23(22)32-16-17-7-8-19(27)13-20(17)25/h3-4,6-8,10,12-14,28H,2,5,9,11,15-16H2,1H3. The maximum Gasteiger partial charge on any atom is 0.213 e. The Morgan fingerprint density at radius 3 is 2.50 bits per heavy atom. The summed E-state index contributed by atoms with van der Waals surface area (Å²) in [6.45, 7) is 4.45. The second-order valence-electron chi connectivity index (χ2n) is 6.89. The highest BCUT2D eigenvalue weighted by Crippen LogP contribution is 2.34. The van der Waals surface area contributed by atoms with Gasteiger partial charge >= 0.3 is 0 Å². The Morgan fingerprint density at radius 1 is 0.938 bits per heavy atom. The fraction of sp³-hybridized carbons (Fsp3) is 0.292. The van der Waals surface area contributed by atoms with Crippen LogP contribution in [-0.2, 0) is 13.2 Å². The summed E-state index contributed by atoms with van der Waals surface area (Å²) in [5.74, 6) is 1.32. The molecule has 0 spiro atoms. The van der Waals surface area contributed by atoms with Gasteiger partial charge in [-0.25, -0.2) is 9.37 Å². The van der Waals surface area contributed by atoms with Crippen LogP contribution in [0.4, 0.5) is 4.39 Å². The van der Waals surface area contributed by atoms with Gasteiger partial charge in [0.25, 0.3) is 0 Å². The highest BCUT2D eigenvalue weighted by Gasteiger charge is 2.12. The molecule has 0 saturated heterocycles. The lowest BCUT2D eigenvalue weighted by molar-refractivity contribution is 0.269. The summed E-state index contributed by atoms with van der Waals surface area (Å²) in [5, 5.41) is 4.22. The van der Waals surface area contributed by atoms with E-state index >= 15 is 0 Å². The van der Waals surface area contributed by atoms with Crippen molar-refractivity contribution < 1.29 is 18.6 Å². The average molecular weight is 479 g/mol. The van der Waals surface area contributed by atoms with Crippen molar-refractivity contribution in [3.63, 3.8) is 0 Å². The lowest BCUT2D eigenvalue weighted by Gasteiger charge is -2.16. The van der Waals surface area contributed by atoms with Crippen LogP contribution < -0.4 is 19.5 Å². The first-order chi connectivity index (χ1) is 15.6. The monoisotopic (exact) mass is 478 g/mol. The molecule has 3 aromatic rings. The van der Waals surface area contributed by atoms with E-state index in [9.17, 15) is 4.39 Å². The maximum atomic E-state index is 13.2. The topological polar surface area (TPSA) is 52.6 Å². The fourth-order valence-corrected chi connectivity index (χ4v) is 3.36. The molecule has 0 atom stereocenters. The van der Waals surface area contributed by atoms with Crippen LogP contribution in [0.5, 0.6) is 17.4 Å². The summed E-state index contributed by atoms with van der Waals surface area (Å²) >= 11 is 12.6. The third-order valence-electron chi connectivity index (χ3n) is 4.51. The molecule has 0 saturated carbocycles. The Balaban J connectivity index is 1.53. The van der Waals surface area contributed by atoms with Crippen LogP contribution >= 0.6 is 23.2 Å². The van der Waals surface area contributed by atoms with Crippen LogP contribution in [0.2, 0.25) is 10.0 Å². The number of hydrogen-bond donors (Lipinski definition) is 1. The molecule has 0 unspecified atom stereocenters. The number of pyridine rings is 1. The van der Waals surface area contributed by atoms with E-state index in [2.05, 4.69) is 10.3 Å². The zero-order chi connectivity index (χ0) is 22.8. The summed E-state index contributed by atoms with van der Waals surface area (Å²) in [4.78, 5) is 4.12. The summed E-state index contributed by atoms with van der Waals surface area (Å²) in [6, 6.07) is 13.4. The average Bonchev–Trinajstić information content (AvgIpc) is 2.78. The van der Waals surface area contributed by atoms with Gasteiger partial charge in [-0.05, 0) is 49.7 Å². The Bertz CT molecular complexity index is 1010. The summed E-state index contributed by atoms with van der Waals surface area (Å²) in [5.41, 5.74) is 1.57. The summed E-state index contributed by atoms with van der Waals surface area (Å²) in [6.07, 6.45) is 2.53. The normalized spacial score (nSPS) is 10.8. The van der Waals surface area contributed by atoms with Crippen molar-refractivity contribution in [1.82, 2.24) is 10.3 Å². The van der Waals surface area contributed by atoms with Crippen LogP contribution in [0, 0.1) is 5.82 Å². The minimum Gasteiger partial charge on any atom is -0.490 e. The van der Waals surface area contributed by atoms with Crippen LogP contribution in [0.1, 0.15) is 24.5 Å². The van der Waals surface area contributed by atoms with Gasteiger partial charge in [0.05, 0.1) is 18.2 Å². The van der Waals surface area contributed by atoms with E-state index in [0.717, 1.165) is 18.5 Å². The molecule has 0 aliphatic rings. The molecule has 0 aliphatic heterocycles. The molecule has 0 aliphatic carbocycles. The summed E-state index contributed by atoms with van der Waals surface area (Å²) in [7, 11) is 0. The van der Waals surface area contributed by atoms with Crippen molar-refractivity contribution in [3.8, 4) is 17.4 Å². The quantitative estimate of drug-likeness (QED) is 0.320. The molecule has 0 bridgehead atoms. The van der Waals surface area contributed by atoms with Gasteiger partial charge in [0.15, 0.2) is 11.5 Å². The van der Waals surface area contributed by atoms with Gasteiger partial charge < -0.3 is 19.5 Å². The molecule has 0 radical (unpaired) electrons. The molecule has 32 heavy (non-hydrogen) atoms. The first kappa shape index (κ1) is 24.1. The molecule has 1 N–H and O–H groups in total. The number of nitrogens with zero attached hydrogens (tertiary/aromatic N) is 1. The largest absolute Gasteiger partial charge is 0.490 e. The Hall–Kier alpha value is -2.54. The van der Waals surface area contributed by atoms with Crippen molar-refractivity contribution in [1.29, 1.82) is 0 Å². The number of benzene rings is 2. The predicted molar refractivity (Wildman–Crippen MR) is 124 cm³/mol. The number of rotatable bonds is 12. The van der Waals surface area contributed by atoms with Crippen molar-refractivity contribution in [2.45, 2.75) is 26.5 Å². The minimum absolute atomic E-state index is 0.170. The van der Waals surface area contributed by atoms with Gasteiger partial charge in [0, 0.05) is 35.5 Å². The lowest BCUT2D eigenvalue weighted by Crippen LogP contribution is -2.17. The second-order valence-corrected chi connectivity index (χ2v) is 7.71. The van der Waals surface area contributed by atoms with Crippen LogP contribution in [-0.4, -0.2) is 24.7 Å². The van der Waals surface area contributed by atoms with E-state index in [1.54, 1.807) is 18.3 Å². The minimum atomic E-state index is -0.392. The Kier molecular flexibility index (Phi) is 9.41. The smallest absolute Gasteiger partial charge is 0.213 e. The molecule has 170 valence electrons. The van der Waals surface area contributed by atoms with Gasteiger partial charge in [-0.1, -0.05) is 35.3 Å². The number of aromatic nitrogens is 1. The Morgan fingerprint density at radius 2 is 1.75 bits per heavy atom. The van der Waals surface area contributed by atoms with Crippen molar-refractivity contribution in [3.05, 3.63) is 81.7 Å². The second kappa shape index (κ2) is 12.5. The van der Waals surface area contributed by atoms with E-state index in [1.807, 2.05) is 31.2 Å². The third kappa shape index (κ3) is 7.26. The van der Waals surface area contributed by atoms with Crippen LogP contribution in [0.25, 0.3) is 0 Å². The molecule has 1 aromatic heterocycles. The molecule has 0 amide bonds. The molecule has 5 nitrogen and oxygen atoms in total. The van der Waals surface area contributed by atoms with Crippen LogP contribution in [0.3, 0.4) is 0 Å². The van der Waals surface area contributed by atoms with Crippen molar-refractivity contribution in [2.75, 3.05) is 19.8 Å². The van der Waals surface area contributed by atoms with Crippen LogP contribution in [0.15, 0.2) is 54.7 Å². The molecule has 3 rings (SSSR count). The van der Waals surface area contributed by atoms with Gasteiger partial charge in [-0.15, -0.1) is 0 Å². The van der Waals surface area contributed by atoms with Gasteiger partial charge in [-0.3, -0.25) is 0 Å². The van der Waals surface area contributed by atoms with E-state index in [4.69, 9.17) is 37.4 Å². The van der Waals surface area contributed by atoms with Crippen molar-refractivity contribution >= 4 is 23.2 Å². The molecule has 1 heterocycles. The molecular weight excluding hydrogens is 454 g/mol. The van der Waals surface area contributed by atoms with Gasteiger partial charge in [0.1, 0.15) is 12.4 Å². The van der Waals surface area contributed by atoms with Gasteiger partial charge in [-0.2, -0.15) is 0 Å². The Labute approximate surface area is 197 Å². The molecule has 8 heteroatoms. The SMILES string of the molecule is CCOc1cc(CNCCCOc2ccccn2)c(Cl)cc1OCc1ccc(F)cc1Cl. The molecule has 0 fully saturated rings. The fourth-order valence-electron chi connectivity index (χ4n) is 2.92. The van der Waals surface area contributed by atoms with Crippen molar-refractivity contribution in [2.24, 2.45) is 0 Å². The van der Waals surface area contributed by atoms with Gasteiger partial charge in [0.2, 0.25) is 5.88 Å². The predicted octanol–water partition coefficient (Wildman–Crippen LogP) is 6.06. The number of hydrogen-bond acceptors (Lipinski definition) is 5. The van der Waals surface area contributed by atoms with E-state index in [-0.39, 0.29) is 6.61 Å². The molecular formula is C24H25Cl2FN2O3. The summed E-state index contributed by atoms with van der Waals surface area (Å²) < 4.78 is 30.4. The first-order valence-corrected chi connectivity index (χ1v) is 11.1. The van der Waals surface area contributed by atoms with E-state index in [0.29, 0.717) is 52.7 Å². The number of ether oxygens (including phenoxy) is 3. The molecule has 2 aromatic carbocycles.